The number of hydrogen-bond donors (Lipinski definition) is 3. The van der Waals surface area contributed by atoms with Crippen LogP contribution in [0.4, 0.5) is 5.69 Å². The van der Waals surface area contributed by atoms with Gasteiger partial charge in [0, 0.05) is 18.2 Å². The highest BCUT2D eigenvalue weighted by Gasteiger charge is 2.40. The molecule has 1 saturated heterocycles. The van der Waals surface area contributed by atoms with Gasteiger partial charge in [-0.15, -0.1) is 0 Å². The lowest BCUT2D eigenvalue weighted by atomic mass is 9.83. The summed E-state index contributed by atoms with van der Waals surface area (Å²) in [5.41, 5.74) is 1.50. The van der Waals surface area contributed by atoms with E-state index in [-0.39, 0.29) is 48.3 Å². The SMILES string of the molecule is CC(C)[C@]1(C)CC(=O)N(Cc2cc(C(=O)N[C@@H](C)c3ccccc3)cc(N(C)S(C)(=O)=O)c2)C(=N)N1. The summed E-state index contributed by atoms with van der Waals surface area (Å²) in [6, 6.07) is 14.0. The zero-order valence-electron chi connectivity index (χ0n) is 21.6. The molecule has 2 atom stereocenters. The maximum Gasteiger partial charge on any atom is 0.251 e. The number of anilines is 1. The van der Waals surface area contributed by atoms with E-state index in [9.17, 15) is 18.0 Å². The van der Waals surface area contributed by atoms with E-state index in [1.807, 2.05) is 58.0 Å². The number of carbonyl (C=O) groups excluding carboxylic acids is 2. The number of guanidine groups is 1. The zero-order valence-corrected chi connectivity index (χ0v) is 22.4. The summed E-state index contributed by atoms with van der Waals surface area (Å²) in [6.45, 7) is 7.80. The van der Waals surface area contributed by atoms with Gasteiger partial charge in [0.2, 0.25) is 15.9 Å². The first kappa shape index (κ1) is 27.2. The van der Waals surface area contributed by atoms with Gasteiger partial charge in [-0.3, -0.25) is 24.2 Å². The highest BCUT2D eigenvalue weighted by molar-refractivity contribution is 7.92. The second-order valence-corrected chi connectivity index (χ2v) is 11.9. The smallest absolute Gasteiger partial charge is 0.251 e. The highest BCUT2D eigenvalue weighted by Crippen LogP contribution is 2.28. The molecule has 2 aromatic carbocycles. The van der Waals surface area contributed by atoms with E-state index < -0.39 is 15.6 Å². The third kappa shape index (κ3) is 6.04. The fourth-order valence-corrected chi connectivity index (χ4v) is 4.48. The number of nitrogens with zero attached hydrogens (tertiary/aromatic N) is 2. The van der Waals surface area contributed by atoms with Crippen molar-refractivity contribution in [3.05, 3.63) is 65.2 Å². The van der Waals surface area contributed by atoms with Crippen molar-refractivity contribution in [1.82, 2.24) is 15.5 Å². The predicted molar refractivity (Wildman–Crippen MR) is 141 cm³/mol. The lowest BCUT2D eigenvalue weighted by Crippen LogP contribution is -2.62. The molecule has 1 aliphatic rings. The van der Waals surface area contributed by atoms with Gasteiger partial charge in [0.1, 0.15) is 0 Å². The number of carbonyl (C=O) groups is 2. The van der Waals surface area contributed by atoms with Crippen molar-refractivity contribution in [3.8, 4) is 0 Å². The van der Waals surface area contributed by atoms with Crippen molar-refractivity contribution in [2.75, 3.05) is 17.6 Å². The van der Waals surface area contributed by atoms with Crippen LogP contribution in [0, 0.1) is 11.3 Å². The van der Waals surface area contributed by atoms with E-state index in [2.05, 4.69) is 10.6 Å². The number of nitrogens with one attached hydrogen (secondary N) is 3. The van der Waals surface area contributed by atoms with E-state index >= 15 is 0 Å². The fourth-order valence-electron chi connectivity index (χ4n) is 3.99. The standard InChI is InChI=1S/C26H35N5O4S/c1-17(2)26(4)15-23(32)31(25(27)29-26)16-19-12-21(14-22(13-19)30(5)36(6,34)35)24(33)28-18(3)20-10-8-7-9-11-20/h7-14,17-18H,15-16H2,1-6H3,(H2,27,29)(H,28,33)/t18-,26-/m0/s1. The molecule has 3 N–H and O–H groups in total. The Labute approximate surface area is 213 Å². The first-order valence-electron chi connectivity index (χ1n) is 11.8. The van der Waals surface area contributed by atoms with E-state index in [1.54, 1.807) is 12.1 Å². The van der Waals surface area contributed by atoms with Gasteiger partial charge >= 0.3 is 0 Å². The van der Waals surface area contributed by atoms with Crippen molar-refractivity contribution in [2.24, 2.45) is 5.92 Å². The molecule has 36 heavy (non-hydrogen) atoms. The molecule has 0 aliphatic carbocycles. The molecule has 0 saturated carbocycles. The first-order valence-corrected chi connectivity index (χ1v) is 13.7. The molecule has 0 radical (unpaired) electrons. The van der Waals surface area contributed by atoms with Crippen molar-refractivity contribution in [1.29, 1.82) is 5.41 Å². The minimum Gasteiger partial charge on any atom is -0.350 e. The number of amides is 2. The van der Waals surface area contributed by atoms with Crippen molar-refractivity contribution in [2.45, 2.75) is 52.2 Å². The van der Waals surface area contributed by atoms with E-state index in [0.29, 0.717) is 11.3 Å². The first-order chi connectivity index (χ1) is 16.7. The number of hydrogen-bond acceptors (Lipinski definition) is 5. The third-order valence-electron chi connectivity index (χ3n) is 6.86. The Morgan fingerprint density at radius 1 is 1.19 bits per heavy atom. The van der Waals surface area contributed by atoms with Crippen LogP contribution in [0.1, 0.15) is 61.6 Å². The normalized spacial score (nSPS) is 19.1. The van der Waals surface area contributed by atoms with Crippen molar-refractivity contribution in [3.63, 3.8) is 0 Å². The topological polar surface area (TPSA) is 123 Å². The molecular weight excluding hydrogens is 478 g/mol. The predicted octanol–water partition coefficient (Wildman–Crippen LogP) is 3.24. The number of rotatable bonds is 8. The largest absolute Gasteiger partial charge is 0.350 e. The summed E-state index contributed by atoms with van der Waals surface area (Å²) in [7, 11) is -2.19. The van der Waals surface area contributed by atoms with Crippen LogP contribution in [0.5, 0.6) is 0 Å². The monoisotopic (exact) mass is 513 g/mol. The molecule has 194 valence electrons. The second kappa shape index (κ2) is 10.3. The lowest BCUT2D eigenvalue weighted by Gasteiger charge is -2.43. The fraction of sp³-hybridized carbons (Fsp3) is 0.423. The molecule has 0 unspecified atom stereocenters. The molecule has 0 spiro atoms. The third-order valence-corrected chi connectivity index (χ3v) is 8.06. The van der Waals surface area contributed by atoms with Gasteiger partial charge in [-0.05, 0) is 49.1 Å². The molecule has 1 fully saturated rings. The van der Waals surface area contributed by atoms with E-state index in [0.717, 1.165) is 16.1 Å². The van der Waals surface area contributed by atoms with Crippen LogP contribution in [-0.2, 0) is 21.4 Å². The van der Waals surface area contributed by atoms with E-state index in [1.165, 1.54) is 18.0 Å². The second-order valence-electron chi connectivity index (χ2n) is 9.93. The Morgan fingerprint density at radius 3 is 2.39 bits per heavy atom. The molecular formula is C26H35N5O4S. The minimum absolute atomic E-state index is 0.0203. The molecule has 3 rings (SSSR count). The molecule has 1 aliphatic heterocycles. The quantitative estimate of drug-likeness (QED) is 0.500. The molecule has 1 heterocycles. The summed E-state index contributed by atoms with van der Waals surface area (Å²) in [5.74, 6) is -0.465. The lowest BCUT2D eigenvalue weighted by molar-refractivity contribution is -0.131. The van der Waals surface area contributed by atoms with Crippen LogP contribution in [0.3, 0.4) is 0 Å². The maximum absolute atomic E-state index is 13.2. The van der Waals surface area contributed by atoms with Crippen LogP contribution >= 0.6 is 0 Å². The minimum atomic E-state index is -3.59. The van der Waals surface area contributed by atoms with Gasteiger partial charge in [-0.1, -0.05) is 44.2 Å². The van der Waals surface area contributed by atoms with E-state index in [4.69, 9.17) is 5.41 Å². The Bertz CT molecular complexity index is 1240. The van der Waals surface area contributed by atoms with Crippen LogP contribution in [0.25, 0.3) is 0 Å². The molecule has 0 aromatic heterocycles. The molecule has 2 aromatic rings. The van der Waals surface area contributed by atoms with Gasteiger partial charge in [-0.2, -0.15) is 0 Å². The molecule has 10 heteroatoms. The summed E-state index contributed by atoms with van der Waals surface area (Å²) in [5, 5.41) is 14.5. The average molecular weight is 514 g/mol. The summed E-state index contributed by atoms with van der Waals surface area (Å²) < 4.78 is 25.6. The van der Waals surface area contributed by atoms with Crippen LogP contribution in [0.2, 0.25) is 0 Å². The van der Waals surface area contributed by atoms with Gasteiger partial charge < -0.3 is 10.6 Å². The Morgan fingerprint density at radius 2 is 1.83 bits per heavy atom. The Hall–Kier alpha value is -3.40. The van der Waals surface area contributed by atoms with Crippen LogP contribution in [0.15, 0.2) is 48.5 Å². The van der Waals surface area contributed by atoms with Gasteiger partial charge in [0.05, 0.1) is 31.0 Å². The number of sulfonamides is 1. The maximum atomic E-state index is 13.2. The molecule has 2 amide bonds. The van der Waals surface area contributed by atoms with Gasteiger partial charge in [0.25, 0.3) is 5.91 Å². The summed E-state index contributed by atoms with van der Waals surface area (Å²) >= 11 is 0. The number of benzene rings is 2. The summed E-state index contributed by atoms with van der Waals surface area (Å²) in [4.78, 5) is 27.5. The van der Waals surface area contributed by atoms with Gasteiger partial charge in [-0.25, -0.2) is 8.42 Å². The zero-order chi connectivity index (χ0) is 26.8. The Kier molecular flexibility index (Phi) is 7.78. The van der Waals surface area contributed by atoms with Crippen molar-refractivity contribution >= 4 is 33.5 Å². The average Bonchev–Trinajstić information content (AvgIpc) is 2.80. The molecule has 9 nitrogen and oxygen atoms in total. The van der Waals surface area contributed by atoms with Gasteiger partial charge in [0.15, 0.2) is 5.96 Å². The Balaban J connectivity index is 1.93. The van der Waals surface area contributed by atoms with Crippen LogP contribution in [-0.4, -0.2) is 49.9 Å². The molecule has 0 bridgehead atoms. The highest BCUT2D eigenvalue weighted by atomic mass is 32.2. The summed E-state index contributed by atoms with van der Waals surface area (Å²) in [6.07, 6.45) is 1.30. The van der Waals surface area contributed by atoms with Crippen molar-refractivity contribution < 1.29 is 18.0 Å². The van der Waals surface area contributed by atoms with Crippen LogP contribution < -0.4 is 14.9 Å².